The number of hydrogen-bond acceptors (Lipinski definition) is 8. The monoisotopic (exact) mass is 770 g/mol. The van der Waals surface area contributed by atoms with Gasteiger partial charge in [-0.2, -0.15) is 0 Å². The number of carbonyl (C=O) groups excluding carboxylic acids is 2. The minimum atomic E-state index is -0.447. The van der Waals surface area contributed by atoms with Gasteiger partial charge in [-0.15, -0.1) is 0 Å². The van der Waals surface area contributed by atoms with Crippen molar-refractivity contribution in [2.24, 2.45) is 11.8 Å². The molecule has 3 aromatic rings. The fourth-order valence-electron chi connectivity index (χ4n) is 7.72. The summed E-state index contributed by atoms with van der Waals surface area (Å²) in [5.41, 5.74) is 9.16. The average Bonchev–Trinajstić information content (AvgIpc) is 3.19. The van der Waals surface area contributed by atoms with Crippen molar-refractivity contribution in [2.45, 2.75) is 118 Å². The summed E-state index contributed by atoms with van der Waals surface area (Å²) in [6, 6.07) is 17.5. The van der Waals surface area contributed by atoms with E-state index in [4.69, 9.17) is 18.9 Å². The summed E-state index contributed by atoms with van der Waals surface area (Å²) >= 11 is 0. The smallest absolute Gasteiger partial charge is 0.333 e. The summed E-state index contributed by atoms with van der Waals surface area (Å²) in [5.74, 6) is 1.96. The number of aliphatic hydroxyl groups excluding tert-OH is 2. The Bertz CT molecular complexity index is 1720. The van der Waals surface area contributed by atoms with E-state index in [1.807, 2.05) is 6.07 Å². The van der Waals surface area contributed by atoms with Gasteiger partial charge in [-0.1, -0.05) is 70.9 Å². The number of aliphatic hydroxyl groups is 2. The third-order valence-corrected chi connectivity index (χ3v) is 10.8. The van der Waals surface area contributed by atoms with E-state index in [0.717, 1.165) is 70.7 Å². The number of ether oxygens (including phenoxy) is 4. The molecule has 0 unspecified atom stereocenters. The second-order valence-electron chi connectivity index (χ2n) is 15.7. The average molecular weight is 771 g/mol. The third kappa shape index (κ3) is 13.2. The molecule has 1 aliphatic carbocycles. The van der Waals surface area contributed by atoms with E-state index < -0.39 is 5.97 Å². The predicted octanol–water partition coefficient (Wildman–Crippen LogP) is 10.1. The van der Waals surface area contributed by atoms with Crippen molar-refractivity contribution in [3.05, 3.63) is 82.9 Å². The van der Waals surface area contributed by atoms with Gasteiger partial charge in [0.25, 0.3) is 0 Å². The van der Waals surface area contributed by atoms with Crippen LogP contribution in [0.25, 0.3) is 22.3 Å². The molecular weight excluding hydrogens is 705 g/mol. The lowest BCUT2D eigenvalue weighted by Crippen LogP contribution is -2.16. The first kappa shape index (κ1) is 44.6. The number of aryl methyl sites for hydroxylation is 2. The zero-order chi connectivity index (χ0) is 40.5. The van der Waals surface area contributed by atoms with E-state index in [2.05, 4.69) is 62.9 Å². The van der Waals surface area contributed by atoms with Crippen molar-refractivity contribution < 1.29 is 38.7 Å². The first-order chi connectivity index (χ1) is 27.1. The van der Waals surface area contributed by atoms with Crippen molar-refractivity contribution in [3.63, 3.8) is 0 Å². The van der Waals surface area contributed by atoms with Crippen LogP contribution in [0.2, 0.25) is 0 Å². The SMILES string of the molecule is C=C(C)C(=O)OCCOc1cc(-c2ccc(C3CCC(CCC)CC3)cc2C)cc(-c2ccc(OCCOC(=O)C(C)C)c(CCCO)c2)c1CCCCCO. The summed E-state index contributed by atoms with van der Waals surface area (Å²) < 4.78 is 23.4. The fourth-order valence-corrected chi connectivity index (χ4v) is 7.72. The molecule has 0 bridgehead atoms. The molecule has 0 atom stereocenters. The maximum Gasteiger partial charge on any atom is 0.333 e. The van der Waals surface area contributed by atoms with Gasteiger partial charge in [-0.05, 0) is 147 Å². The van der Waals surface area contributed by atoms with Crippen LogP contribution in [0.1, 0.15) is 120 Å². The molecule has 3 aromatic carbocycles. The maximum absolute atomic E-state index is 12.2. The lowest BCUT2D eigenvalue weighted by atomic mass is 9.76. The number of unbranched alkanes of at least 4 members (excludes halogenated alkanes) is 2. The van der Waals surface area contributed by atoms with Crippen LogP contribution in [0.3, 0.4) is 0 Å². The normalized spacial score (nSPS) is 15.4. The van der Waals surface area contributed by atoms with E-state index in [0.29, 0.717) is 30.1 Å². The Kier molecular flexibility index (Phi) is 18.4. The first-order valence-corrected chi connectivity index (χ1v) is 20.9. The molecule has 0 aliphatic heterocycles. The Hall–Kier alpha value is -4.14. The second kappa shape index (κ2) is 23.2. The molecule has 306 valence electrons. The Morgan fingerprint density at radius 3 is 2.14 bits per heavy atom. The molecule has 1 saturated carbocycles. The molecule has 2 N–H and O–H groups in total. The van der Waals surface area contributed by atoms with E-state index >= 15 is 0 Å². The second-order valence-corrected chi connectivity index (χ2v) is 15.7. The van der Waals surface area contributed by atoms with Crippen LogP contribution in [-0.2, 0) is 31.9 Å². The highest BCUT2D eigenvalue weighted by atomic mass is 16.6. The number of hydrogen-bond donors (Lipinski definition) is 2. The van der Waals surface area contributed by atoms with Crippen LogP contribution in [0.15, 0.2) is 60.7 Å². The highest BCUT2D eigenvalue weighted by Crippen LogP contribution is 2.42. The van der Waals surface area contributed by atoms with Gasteiger partial charge < -0.3 is 29.2 Å². The van der Waals surface area contributed by atoms with Crippen LogP contribution < -0.4 is 9.47 Å². The van der Waals surface area contributed by atoms with E-state index in [-0.39, 0.29) is 51.5 Å². The van der Waals surface area contributed by atoms with Crippen LogP contribution in [-0.4, -0.2) is 61.8 Å². The van der Waals surface area contributed by atoms with Crippen LogP contribution in [0, 0.1) is 18.8 Å². The predicted molar refractivity (Wildman–Crippen MR) is 224 cm³/mol. The zero-order valence-electron chi connectivity index (χ0n) is 34.6. The van der Waals surface area contributed by atoms with Crippen molar-refractivity contribution in [1.82, 2.24) is 0 Å². The minimum absolute atomic E-state index is 0.0463. The van der Waals surface area contributed by atoms with Gasteiger partial charge in [0.05, 0.1) is 5.92 Å². The lowest BCUT2D eigenvalue weighted by Gasteiger charge is -2.29. The molecular formula is C48H66O8. The molecule has 8 nitrogen and oxygen atoms in total. The van der Waals surface area contributed by atoms with Crippen molar-refractivity contribution in [2.75, 3.05) is 39.6 Å². The molecule has 4 rings (SSSR count). The topological polar surface area (TPSA) is 112 Å². The van der Waals surface area contributed by atoms with E-state index in [1.54, 1.807) is 20.8 Å². The minimum Gasteiger partial charge on any atom is -0.490 e. The Labute approximate surface area is 335 Å². The van der Waals surface area contributed by atoms with E-state index in [9.17, 15) is 19.8 Å². The van der Waals surface area contributed by atoms with Gasteiger partial charge in [0.2, 0.25) is 0 Å². The Morgan fingerprint density at radius 1 is 0.768 bits per heavy atom. The lowest BCUT2D eigenvalue weighted by molar-refractivity contribution is -0.148. The molecule has 0 amide bonds. The van der Waals surface area contributed by atoms with Crippen LogP contribution >= 0.6 is 0 Å². The number of benzene rings is 3. The molecule has 56 heavy (non-hydrogen) atoms. The molecule has 8 heteroatoms. The van der Waals surface area contributed by atoms with Gasteiger partial charge in [0, 0.05) is 24.4 Å². The fraction of sp³-hybridized carbons (Fsp3) is 0.542. The molecule has 0 radical (unpaired) electrons. The van der Waals surface area contributed by atoms with Crippen molar-refractivity contribution >= 4 is 11.9 Å². The van der Waals surface area contributed by atoms with Gasteiger partial charge in [-0.25, -0.2) is 4.79 Å². The molecule has 0 spiro atoms. The highest BCUT2D eigenvalue weighted by Gasteiger charge is 2.23. The van der Waals surface area contributed by atoms with Gasteiger partial charge >= 0.3 is 11.9 Å². The maximum atomic E-state index is 12.2. The molecule has 0 aromatic heterocycles. The van der Waals surface area contributed by atoms with Crippen LogP contribution in [0.5, 0.6) is 11.5 Å². The number of rotatable bonds is 23. The van der Waals surface area contributed by atoms with Gasteiger partial charge in [0.1, 0.15) is 37.9 Å². The van der Waals surface area contributed by atoms with Crippen LogP contribution in [0.4, 0.5) is 0 Å². The first-order valence-electron chi connectivity index (χ1n) is 20.9. The summed E-state index contributed by atoms with van der Waals surface area (Å²) in [5, 5.41) is 19.3. The van der Waals surface area contributed by atoms with Crippen molar-refractivity contribution in [1.29, 1.82) is 0 Å². The summed E-state index contributed by atoms with van der Waals surface area (Å²) in [6.07, 6.45) is 12.0. The van der Waals surface area contributed by atoms with E-state index in [1.165, 1.54) is 49.7 Å². The largest absolute Gasteiger partial charge is 0.490 e. The summed E-state index contributed by atoms with van der Waals surface area (Å²) in [6.45, 7) is 14.2. The molecule has 0 heterocycles. The Morgan fingerprint density at radius 2 is 1.48 bits per heavy atom. The summed E-state index contributed by atoms with van der Waals surface area (Å²) in [7, 11) is 0. The molecule has 1 aliphatic rings. The van der Waals surface area contributed by atoms with Gasteiger partial charge in [-0.3, -0.25) is 4.79 Å². The quantitative estimate of drug-likeness (QED) is 0.0557. The molecule has 1 fully saturated rings. The zero-order valence-corrected chi connectivity index (χ0v) is 34.6. The molecule has 0 saturated heterocycles. The highest BCUT2D eigenvalue weighted by molar-refractivity contribution is 5.87. The third-order valence-electron chi connectivity index (χ3n) is 10.8. The van der Waals surface area contributed by atoms with Gasteiger partial charge in [0.15, 0.2) is 0 Å². The van der Waals surface area contributed by atoms with Crippen molar-refractivity contribution in [3.8, 4) is 33.8 Å². The summed E-state index contributed by atoms with van der Waals surface area (Å²) in [4.78, 5) is 24.1. The number of esters is 2. The standard InChI is InChI=1S/C48H66O8/c1-7-12-36-15-17-37(18-16-36)38-19-21-42(35(6)29-38)41-31-44(43(14-9-8-10-23-49)46(32-41)54-26-28-56-48(52)34(4)5)39-20-22-45(40(30-39)13-11-24-50)53-25-27-55-47(51)33(2)3/h19-22,29-33,36-37,49-50H,4,7-18,23-28H2,1-3,5-6H3. The number of carbonyl (C=O) groups is 2. The Balaban J connectivity index is 1.75.